The molecule has 0 unspecified atom stereocenters. The van der Waals surface area contributed by atoms with Crippen LogP contribution in [-0.4, -0.2) is 29.7 Å². The summed E-state index contributed by atoms with van der Waals surface area (Å²) in [7, 11) is 0. The van der Waals surface area contributed by atoms with E-state index < -0.39 is 23.8 Å². The number of carbonyl (C=O) groups is 3. The highest BCUT2D eigenvalue weighted by Crippen LogP contribution is 2.10. The first-order valence-electron chi connectivity index (χ1n) is 7.39. The number of Topliss-reactive ketones (excluding diaryl/α,β-unsaturated/α-hetero) is 1. The Morgan fingerprint density at radius 2 is 1.43 bits per heavy atom. The van der Waals surface area contributed by atoms with Crippen molar-refractivity contribution in [1.29, 1.82) is 0 Å². The van der Waals surface area contributed by atoms with E-state index in [2.05, 4.69) is 10.6 Å². The zero-order chi connectivity index (χ0) is 16.2. The van der Waals surface area contributed by atoms with E-state index in [1.165, 1.54) is 0 Å². The standard InChI is InChI=1S/C18H16N2O3/c21-16(13-9-5-2-6-10-13)15-18(23)19-14(17(22)20-15)11-12-7-3-1-4-8-12/h1-10,14-15H,11H2,(H,19,23)(H,20,22)/t14-,15-/m0/s1. The Morgan fingerprint density at radius 3 is 2.09 bits per heavy atom. The van der Waals surface area contributed by atoms with Gasteiger partial charge in [-0.2, -0.15) is 0 Å². The number of rotatable bonds is 4. The molecule has 0 radical (unpaired) electrons. The average Bonchev–Trinajstić information content (AvgIpc) is 2.59. The Morgan fingerprint density at radius 1 is 0.826 bits per heavy atom. The molecule has 1 fully saturated rings. The summed E-state index contributed by atoms with van der Waals surface area (Å²) in [5.41, 5.74) is 1.34. The SMILES string of the molecule is O=C1N[C@@H](Cc2ccccc2)C(=O)N[C@H]1C(=O)c1ccccc1. The Balaban J connectivity index is 1.71. The highest BCUT2D eigenvalue weighted by Gasteiger charge is 2.37. The van der Waals surface area contributed by atoms with Gasteiger partial charge in [0.1, 0.15) is 6.04 Å². The number of carbonyl (C=O) groups excluding carboxylic acids is 3. The third-order valence-corrected chi connectivity index (χ3v) is 3.78. The number of piperazine rings is 1. The molecule has 5 nitrogen and oxygen atoms in total. The minimum Gasteiger partial charge on any atom is -0.342 e. The molecule has 1 aliphatic rings. The third-order valence-electron chi connectivity index (χ3n) is 3.78. The van der Waals surface area contributed by atoms with Crippen molar-refractivity contribution in [3.63, 3.8) is 0 Å². The number of nitrogens with one attached hydrogen (secondary N) is 2. The summed E-state index contributed by atoms with van der Waals surface area (Å²) in [5.74, 6) is -1.23. The van der Waals surface area contributed by atoms with E-state index in [9.17, 15) is 14.4 Å². The quantitative estimate of drug-likeness (QED) is 0.656. The molecule has 5 heteroatoms. The Hall–Kier alpha value is -2.95. The molecule has 2 aromatic carbocycles. The second-order valence-corrected chi connectivity index (χ2v) is 5.42. The smallest absolute Gasteiger partial charge is 0.251 e. The number of benzene rings is 2. The zero-order valence-corrected chi connectivity index (χ0v) is 12.4. The maximum atomic E-state index is 12.3. The lowest BCUT2D eigenvalue weighted by Crippen LogP contribution is -2.64. The van der Waals surface area contributed by atoms with Gasteiger partial charge in [0.05, 0.1) is 0 Å². The number of amides is 2. The van der Waals surface area contributed by atoms with Crippen molar-refractivity contribution in [3.05, 3.63) is 71.8 Å². The molecule has 1 saturated heterocycles. The molecule has 1 heterocycles. The Bertz CT molecular complexity index is 728. The average molecular weight is 308 g/mol. The van der Waals surface area contributed by atoms with Crippen LogP contribution in [0.25, 0.3) is 0 Å². The Kier molecular flexibility index (Phi) is 4.19. The summed E-state index contributed by atoms with van der Waals surface area (Å²) in [5, 5.41) is 5.18. The summed E-state index contributed by atoms with van der Waals surface area (Å²) < 4.78 is 0. The van der Waals surface area contributed by atoms with Gasteiger partial charge in [-0.05, 0) is 5.56 Å². The van der Waals surface area contributed by atoms with Crippen molar-refractivity contribution in [1.82, 2.24) is 10.6 Å². The largest absolute Gasteiger partial charge is 0.342 e. The van der Waals surface area contributed by atoms with Crippen LogP contribution >= 0.6 is 0 Å². The van der Waals surface area contributed by atoms with Crippen LogP contribution in [0.1, 0.15) is 15.9 Å². The first-order chi connectivity index (χ1) is 11.1. The van der Waals surface area contributed by atoms with E-state index in [0.29, 0.717) is 12.0 Å². The molecule has 3 rings (SSSR count). The molecule has 2 atom stereocenters. The first kappa shape index (κ1) is 15.0. The molecule has 1 aliphatic heterocycles. The van der Waals surface area contributed by atoms with Gasteiger partial charge in [-0.25, -0.2) is 0 Å². The molecule has 0 bridgehead atoms. The third kappa shape index (κ3) is 3.29. The monoisotopic (exact) mass is 308 g/mol. The number of ketones is 1. The summed E-state index contributed by atoms with van der Waals surface area (Å²) in [6.45, 7) is 0. The van der Waals surface area contributed by atoms with Gasteiger partial charge in [0.15, 0.2) is 11.8 Å². The fourth-order valence-corrected chi connectivity index (χ4v) is 2.58. The number of hydrogen-bond acceptors (Lipinski definition) is 3. The lowest BCUT2D eigenvalue weighted by molar-refractivity contribution is -0.135. The second-order valence-electron chi connectivity index (χ2n) is 5.42. The predicted molar refractivity (Wildman–Crippen MR) is 84.8 cm³/mol. The fourth-order valence-electron chi connectivity index (χ4n) is 2.58. The van der Waals surface area contributed by atoms with Gasteiger partial charge in [-0.15, -0.1) is 0 Å². The molecule has 116 valence electrons. The molecular weight excluding hydrogens is 292 g/mol. The van der Waals surface area contributed by atoms with Crippen LogP contribution in [0, 0.1) is 0 Å². The first-order valence-corrected chi connectivity index (χ1v) is 7.39. The number of hydrogen-bond donors (Lipinski definition) is 2. The van der Waals surface area contributed by atoms with Crippen LogP contribution in [0.15, 0.2) is 60.7 Å². The molecular formula is C18H16N2O3. The zero-order valence-electron chi connectivity index (χ0n) is 12.4. The van der Waals surface area contributed by atoms with Crippen molar-refractivity contribution in [2.24, 2.45) is 0 Å². The van der Waals surface area contributed by atoms with Gasteiger partial charge in [0, 0.05) is 12.0 Å². The van der Waals surface area contributed by atoms with E-state index in [4.69, 9.17) is 0 Å². The van der Waals surface area contributed by atoms with Crippen LogP contribution in [-0.2, 0) is 16.0 Å². The van der Waals surface area contributed by atoms with E-state index in [-0.39, 0.29) is 5.91 Å². The van der Waals surface area contributed by atoms with Crippen molar-refractivity contribution in [3.8, 4) is 0 Å². The molecule has 0 aromatic heterocycles. The summed E-state index contributed by atoms with van der Waals surface area (Å²) in [6, 6.07) is 16.0. The molecule has 23 heavy (non-hydrogen) atoms. The summed E-state index contributed by atoms with van der Waals surface area (Å²) >= 11 is 0. The predicted octanol–water partition coefficient (Wildman–Crippen LogP) is 1.10. The van der Waals surface area contributed by atoms with Crippen LogP contribution < -0.4 is 10.6 Å². The highest BCUT2D eigenvalue weighted by atomic mass is 16.2. The minimum absolute atomic E-state index is 0.345. The van der Waals surface area contributed by atoms with Gasteiger partial charge in [-0.1, -0.05) is 60.7 Å². The normalized spacial score (nSPS) is 20.5. The lowest BCUT2D eigenvalue weighted by Gasteiger charge is -2.28. The van der Waals surface area contributed by atoms with Crippen molar-refractivity contribution < 1.29 is 14.4 Å². The van der Waals surface area contributed by atoms with Crippen molar-refractivity contribution in [2.45, 2.75) is 18.5 Å². The Labute approximate surface area is 133 Å². The second kappa shape index (κ2) is 6.44. The van der Waals surface area contributed by atoms with Crippen LogP contribution in [0.5, 0.6) is 0 Å². The van der Waals surface area contributed by atoms with E-state index in [1.54, 1.807) is 30.3 Å². The minimum atomic E-state index is -1.17. The van der Waals surface area contributed by atoms with Gasteiger partial charge in [-0.3, -0.25) is 14.4 Å². The fraction of sp³-hybridized carbons (Fsp3) is 0.167. The summed E-state index contributed by atoms with van der Waals surface area (Å²) in [4.78, 5) is 36.8. The molecule has 0 spiro atoms. The van der Waals surface area contributed by atoms with Crippen LogP contribution in [0.3, 0.4) is 0 Å². The molecule has 0 aliphatic carbocycles. The van der Waals surface area contributed by atoms with Crippen molar-refractivity contribution in [2.75, 3.05) is 0 Å². The van der Waals surface area contributed by atoms with E-state index >= 15 is 0 Å². The molecule has 2 N–H and O–H groups in total. The van der Waals surface area contributed by atoms with E-state index in [1.807, 2.05) is 30.3 Å². The van der Waals surface area contributed by atoms with Crippen LogP contribution in [0.4, 0.5) is 0 Å². The van der Waals surface area contributed by atoms with Gasteiger partial charge in [0.25, 0.3) is 5.91 Å². The highest BCUT2D eigenvalue weighted by molar-refractivity contribution is 6.17. The topological polar surface area (TPSA) is 75.3 Å². The maximum Gasteiger partial charge on any atom is 0.251 e. The van der Waals surface area contributed by atoms with Crippen molar-refractivity contribution >= 4 is 17.6 Å². The van der Waals surface area contributed by atoms with E-state index in [0.717, 1.165) is 5.56 Å². The van der Waals surface area contributed by atoms with Gasteiger partial charge in [0.2, 0.25) is 5.91 Å². The summed E-state index contributed by atoms with van der Waals surface area (Å²) in [6.07, 6.45) is 0.394. The van der Waals surface area contributed by atoms with Gasteiger partial charge >= 0.3 is 0 Å². The molecule has 2 aromatic rings. The maximum absolute atomic E-state index is 12.3. The van der Waals surface area contributed by atoms with Gasteiger partial charge < -0.3 is 10.6 Å². The molecule has 2 amide bonds. The molecule has 0 saturated carbocycles. The lowest BCUT2D eigenvalue weighted by atomic mass is 9.98. The van der Waals surface area contributed by atoms with Crippen LogP contribution in [0.2, 0.25) is 0 Å².